The summed E-state index contributed by atoms with van der Waals surface area (Å²) in [6, 6.07) is 15.8. The van der Waals surface area contributed by atoms with Gasteiger partial charge in [0.2, 0.25) is 11.8 Å². The van der Waals surface area contributed by atoms with Gasteiger partial charge in [-0.15, -0.1) is 0 Å². The lowest BCUT2D eigenvalue weighted by Crippen LogP contribution is -2.52. The summed E-state index contributed by atoms with van der Waals surface area (Å²) in [6.07, 6.45) is 1.14. The van der Waals surface area contributed by atoms with Crippen LogP contribution in [0.1, 0.15) is 34.8 Å². The third-order valence-corrected chi connectivity index (χ3v) is 6.74. The summed E-state index contributed by atoms with van der Waals surface area (Å²) in [7, 11) is 4.63. The van der Waals surface area contributed by atoms with Crippen molar-refractivity contribution in [2.75, 3.05) is 26.2 Å². The fourth-order valence-corrected chi connectivity index (χ4v) is 4.56. The quantitative estimate of drug-likeness (QED) is 0.495. The summed E-state index contributed by atoms with van der Waals surface area (Å²) >= 11 is 0. The molecule has 3 aromatic carbocycles. The van der Waals surface area contributed by atoms with Crippen LogP contribution in [0.25, 0.3) is 10.8 Å². The Labute approximate surface area is 210 Å². The minimum atomic E-state index is -0.674. The number of likely N-dealkylation sites (N-methyl/N-ethyl adjacent to an activating group) is 1. The van der Waals surface area contributed by atoms with Gasteiger partial charge in [-0.05, 0) is 67.4 Å². The molecule has 0 spiro atoms. The summed E-state index contributed by atoms with van der Waals surface area (Å²) in [4.78, 5) is 40.5. The van der Waals surface area contributed by atoms with Gasteiger partial charge >= 0.3 is 5.97 Å². The van der Waals surface area contributed by atoms with E-state index < -0.39 is 18.1 Å². The number of aryl methyl sites for hydroxylation is 1. The number of carbonyl (C=O) groups excluding carboxylic acids is 3. The maximum absolute atomic E-state index is 13.9. The number of rotatable bonds is 7. The highest BCUT2D eigenvalue weighted by Gasteiger charge is 2.33. The number of benzene rings is 3. The molecule has 2 amide bonds. The van der Waals surface area contributed by atoms with Crippen LogP contribution in [-0.4, -0.2) is 51.1 Å². The van der Waals surface area contributed by atoms with Gasteiger partial charge in [-0.2, -0.15) is 0 Å². The molecule has 36 heavy (non-hydrogen) atoms. The zero-order valence-electron chi connectivity index (χ0n) is 21.0. The molecule has 1 aliphatic heterocycles. The lowest BCUT2D eigenvalue weighted by molar-refractivity contribution is -0.128. The van der Waals surface area contributed by atoms with Gasteiger partial charge in [-0.1, -0.05) is 30.3 Å². The number of methoxy groups -OCH3 is 2. The van der Waals surface area contributed by atoms with E-state index in [9.17, 15) is 14.4 Å². The number of hydrogen-bond acceptors (Lipinski definition) is 6. The third-order valence-electron chi connectivity index (χ3n) is 6.74. The second-order valence-corrected chi connectivity index (χ2v) is 8.84. The van der Waals surface area contributed by atoms with E-state index in [1.54, 1.807) is 38.1 Å². The number of nitrogens with zero attached hydrogens (tertiary/aromatic N) is 1. The summed E-state index contributed by atoms with van der Waals surface area (Å²) in [5, 5.41) is 7.53. The molecule has 0 fully saturated rings. The second kappa shape index (κ2) is 10.8. The van der Waals surface area contributed by atoms with Crippen molar-refractivity contribution in [3.05, 3.63) is 71.3 Å². The highest BCUT2D eigenvalue weighted by molar-refractivity contribution is 6.02. The van der Waals surface area contributed by atoms with Crippen molar-refractivity contribution in [3.8, 4) is 5.75 Å². The standard InChI is InChI=1S/C28H31N3O5/c1-17(29-2)26(32)30-23-13-11-19-7-5-6-8-24(19)31(27(23)33)16-22-21-15-20(28(34)36-4)10-9-18(21)12-14-25(22)35-3/h5-10,12,14-15,17,23,29H,11,13,16H2,1-4H3,(H,30,32)/t17-,23?/m0/s1. The molecule has 2 N–H and O–H groups in total. The zero-order chi connectivity index (χ0) is 25.8. The van der Waals surface area contributed by atoms with E-state index in [0.29, 0.717) is 24.2 Å². The predicted octanol–water partition coefficient (Wildman–Crippen LogP) is 3.21. The number of fused-ring (bicyclic) bond motifs is 2. The first kappa shape index (κ1) is 25.2. The Balaban J connectivity index is 1.80. The van der Waals surface area contributed by atoms with Crippen LogP contribution >= 0.6 is 0 Å². The molecule has 0 saturated carbocycles. The molecule has 188 valence electrons. The molecule has 4 rings (SSSR count). The lowest BCUT2D eigenvalue weighted by Gasteiger charge is -2.28. The maximum atomic E-state index is 13.9. The Bertz CT molecular complexity index is 1310. The Hall–Kier alpha value is -3.91. The average molecular weight is 490 g/mol. The Morgan fingerprint density at radius 3 is 2.58 bits per heavy atom. The monoisotopic (exact) mass is 489 g/mol. The number of carbonyl (C=O) groups is 3. The Morgan fingerprint density at radius 1 is 1.11 bits per heavy atom. The molecule has 1 unspecified atom stereocenters. The molecule has 0 radical (unpaired) electrons. The van der Waals surface area contributed by atoms with Crippen LogP contribution in [0.2, 0.25) is 0 Å². The molecule has 0 aromatic heterocycles. The Kier molecular flexibility index (Phi) is 7.55. The van der Waals surface area contributed by atoms with Crippen molar-refractivity contribution in [2.24, 2.45) is 0 Å². The zero-order valence-corrected chi connectivity index (χ0v) is 21.0. The second-order valence-electron chi connectivity index (χ2n) is 8.84. The van der Waals surface area contributed by atoms with Gasteiger partial charge in [0.25, 0.3) is 0 Å². The smallest absolute Gasteiger partial charge is 0.337 e. The van der Waals surface area contributed by atoms with Crippen molar-refractivity contribution in [3.63, 3.8) is 0 Å². The van der Waals surface area contributed by atoms with Gasteiger partial charge in [-0.25, -0.2) is 4.79 Å². The number of para-hydroxylation sites is 1. The molecular formula is C28H31N3O5. The van der Waals surface area contributed by atoms with E-state index in [-0.39, 0.29) is 18.4 Å². The summed E-state index contributed by atoms with van der Waals surface area (Å²) < 4.78 is 10.6. The van der Waals surface area contributed by atoms with Crippen molar-refractivity contribution in [1.82, 2.24) is 10.6 Å². The SMILES string of the molecule is CN[C@@H](C)C(=O)NC1CCc2ccccc2N(Cc2c(OC)ccc3ccc(C(=O)OC)cc23)C1=O. The van der Waals surface area contributed by atoms with Gasteiger partial charge in [0, 0.05) is 11.3 Å². The van der Waals surface area contributed by atoms with Crippen LogP contribution in [-0.2, 0) is 27.3 Å². The van der Waals surface area contributed by atoms with Crippen molar-refractivity contribution >= 4 is 34.2 Å². The number of ether oxygens (including phenoxy) is 2. The highest BCUT2D eigenvalue weighted by atomic mass is 16.5. The molecule has 8 heteroatoms. The van der Waals surface area contributed by atoms with Crippen LogP contribution < -0.4 is 20.3 Å². The molecule has 3 aromatic rings. The van der Waals surface area contributed by atoms with E-state index in [0.717, 1.165) is 27.6 Å². The highest BCUT2D eigenvalue weighted by Crippen LogP contribution is 2.34. The lowest BCUT2D eigenvalue weighted by atomic mass is 9.99. The van der Waals surface area contributed by atoms with Crippen LogP contribution in [0.3, 0.4) is 0 Å². The van der Waals surface area contributed by atoms with Gasteiger partial charge in [0.05, 0.1) is 32.4 Å². The van der Waals surface area contributed by atoms with E-state index >= 15 is 0 Å². The van der Waals surface area contributed by atoms with Gasteiger partial charge in [-0.3, -0.25) is 9.59 Å². The van der Waals surface area contributed by atoms with Crippen LogP contribution in [0.4, 0.5) is 5.69 Å². The van der Waals surface area contributed by atoms with Crippen LogP contribution in [0.5, 0.6) is 5.75 Å². The molecule has 1 aliphatic rings. The number of anilines is 1. The number of nitrogens with one attached hydrogen (secondary N) is 2. The topological polar surface area (TPSA) is 97.0 Å². The van der Waals surface area contributed by atoms with Crippen molar-refractivity contribution < 1.29 is 23.9 Å². The van der Waals surface area contributed by atoms with E-state index in [4.69, 9.17) is 9.47 Å². The molecular weight excluding hydrogens is 458 g/mol. The van der Waals surface area contributed by atoms with E-state index in [2.05, 4.69) is 10.6 Å². The molecule has 0 saturated heterocycles. The van der Waals surface area contributed by atoms with Gasteiger partial charge in [0.15, 0.2) is 0 Å². The van der Waals surface area contributed by atoms with Crippen molar-refractivity contribution in [2.45, 2.75) is 38.4 Å². The first-order chi connectivity index (χ1) is 17.4. The van der Waals surface area contributed by atoms with E-state index in [1.807, 2.05) is 42.5 Å². The van der Waals surface area contributed by atoms with Crippen LogP contribution in [0, 0.1) is 0 Å². The molecule has 8 nitrogen and oxygen atoms in total. The van der Waals surface area contributed by atoms with E-state index in [1.165, 1.54) is 7.11 Å². The predicted molar refractivity (Wildman–Crippen MR) is 138 cm³/mol. The minimum absolute atomic E-state index is 0.195. The number of esters is 1. The molecule has 0 aliphatic carbocycles. The molecule has 1 heterocycles. The maximum Gasteiger partial charge on any atom is 0.337 e. The summed E-state index contributed by atoms with van der Waals surface area (Å²) in [5.41, 5.74) is 3.00. The molecule has 2 atom stereocenters. The largest absolute Gasteiger partial charge is 0.496 e. The Morgan fingerprint density at radius 2 is 1.86 bits per heavy atom. The number of hydrogen-bond donors (Lipinski definition) is 2. The third kappa shape index (κ3) is 4.90. The van der Waals surface area contributed by atoms with Crippen LogP contribution in [0.15, 0.2) is 54.6 Å². The molecule has 0 bridgehead atoms. The first-order valence-corrected chi connectivity index (χ1v) is 11.9. The summed E-state index contributed by atoms with van der Waals surface area (Å²) in [6.45, 7) is 1.96. The number of amides is 2. The fourth-order valence-electron chi connectivity index (χ4n) is 4.56. The first-order valence-electron chi connectivity index (χ1n) is 11.9. The normalized spacial score (nSPS) is 16.2. The summed E-state index contributed by atoms with van der Waals surface area (Å²) in [5.74, 6) is -0.265. The average Bonchev–Trinajstić information content (AvgIpc) is 3.04. The fraction of sp³-hybridized carbons (Fsp3) is 0.321. The van der Waals surface area contributed by atoms with Gasteiger partial charge in [0.1, 0.15) is 11.8 Å². The minimum Gasteiger partial charge on any atom is -0.496 e. The van der Waals surface area contributed by atoms with Crippen molar-refractivity contribution in [1.29, 1.82) is 0 Å². The van der Waals surface area contributed by atoms with Gasteiger partial charge < -0.3 is 25.0 Å².